The van der Waals surface area contributed by atoms with Crippen LogP contribution < -0.4 is 9.62 Å². The van der Waals surface area contributed by atoms with Crippen molar-refractivity contribution in [3.8, 4) is 0 Å². The summed E-state index contributed by atoms with van der Waals surface area (Å²) in [6.45, 7) is 3.29. The Labute approximate surface area is 181 Å². The van der Waals surface area contributed by atoms with Crippen LogP contribution in [-0.2, 0) is 16.4 Å². The lowest BCUT2D eigenvalue weighted by molar-refractivity contribution is 0.101. The summed E-state index contributed by atoms with van der Waals surface area (Å²) in [5.41, 5.74) is 2.62. The molecule has 1 N–H and O–H groups in total. The molecule has 3 aromatic rings. The molecule has 0 radical (unpaired) electrons. The molecular formula is C24H22N2O4S. The Balaban J connectivity index is 1.66. The third-order valence-electron chi connectivity index (χ3n) is 5.35. The molecule has 0 unspecified atom stereocenters. The first-order chi connectivity index (χ1) is 14.8. The lowest BCUT2D eigenvalue weighted by atomic mass is 10.1. The fourth-order valence-corrected chi connectivity index (χ4v) is 5.65. The van der Waals surface area contributed by atoms with E-state index in [0.717, 1.165) is 5.56 Å². The van der Waals surface area contributed by atoms with Crippen LogP contribution in [0, 0.1) is 0 Å². The first kappa shape index (κ1) is 20.8. The van der Waals surface area contributed by atoms with E-state index in [4.69, 9.17) is 0 Å². The number of amides is 1. The van der Waals surface area contributed by atoms with E-state index in [1.807, 2.05) is 25.1 Å². The average molecular weight is 435 g/mol. The van der Waals surface area contributed by atoms with Crippen LogP contribution in [0.5, 0.6) is 0 Å². The summed E-state index contributed by atoms with van der Waals surface area (Å²) in [6, 6.07) is 19.9. The van der Waals surface area contributed by atoms with Gasteiger partial charge in [-0.2, -0.15) is 0 Å². The summed E-state index contributed by atoms with van der Waals surface area (Å²) >= 11 is 0. The van der Waals surface area contributed by atoms with Gasteiger partial charge >= 0.3 is 0 Å². The number of carbonyl (C=O) groups excluding carboxylic acids is 2. The maximum atomic E-state index is 13.4. The van der Waals surface area contributed by atoms with Crippen molar-refractivity contribution in [1.29, 1.82) is 0 Å². The van der Waals surface area contributed by atoms with Crippen molar-refractivity contribution in [2.45, 2.75) is 31.2 Å². The molecule has 1 heterocycles. The maximum absolute atomic E-state index is 13.4. The molecule has 0 spiro atoms. The van der Waals surface area contributed by atoms with Crippen molar-refractivity contribution in [2.24, 2.45) is 0 Å². The molecule has 1 atom stereocenters. The Morgan fingerprint density at radius 3 is 2.45 bits per heavy atom. The number of Topliss-reactive ketones (excluding diaryl/α,β-unsaturated/α-hetero) is 1. The third-order valence-corrected chi connectivity index (χ3v) is 7.28. The van der Waals surface area contributed by atoms with E-state index >= 15 is 0 Å². The molecule has 6 nitrogen and oxygen atoms in total. The molecule has 4 rings (SSSR count). The normalized spacial score (nSPS) is 15.4. The van der Waals surface area contributed by atoms with Crippen molar-refractivity contribution < 1.29 is 18.0 Å². The number of sulfonamides is 1. The molecule has 1 amide bonds. The van der Waals surface area contributed by atoms with Crippen molar-refractivity contribution in [3.05, 3.63) is 89.5 Å². The number of anilines is 2. The topological polar surface area (TPSA) is 83.5 Å². The second-order valence-electron chi connectivity index (χ2n) is 7.57. The van der Waals surface area contributed by atoms with Crippen LogP contribution >= 0.6 is 0 Å². The predicted molar refractivity (Wildman–Crippen MR) is 120 cm³/mol. The van der Waals surface area contributed by atoms with Gasteiger partial charge in [-0.1, -0.05) is 36.4 Å². The van der Waals surface area contributed by atoms with Gasteiger partial charge in [0.05, 0.1) is 16.3 Å². The SMILES string of the molecule is CC(=O)c1ccccc1NC(=O)c1cccc(S(=O)(=O)N2c3ccccc3C[C@@H]2C)c1. The molecule has 0 saturated heterocycles. The zero-order chi connectivity index (χ0) is 22.2. The highest BCUT2D eigenvalue weighted by molar-refractivity contribution is 7.92. The van der Waals surface area contributed by atoms with Gasteiger partial charge in [0.1, 0.15) is 0 Å². The van der Waals surface area contributed by atoms with Crippen LogP contribution in [0.25, 0.3) is 0 Å². The molecule has 0 aromatic heterocycles. The van der Waals surface area contributed by atoms with Gasteiger partial charge in [-0.05, 0) is 62.2 Å². The van der Waals surface area contributed by atoms with Crippen molar-refractivity contribution >= 4 is 33.1 Å². The fraction of sp³-hybridized carbons (Fsp3) is 0.167. The second-order valence-corrected chi connectivity index (χ2v) is 9.38. The molecule has 0 bridgehead atoms. The van der Waals surface area contributed by atoms with Crippen molar-refractivity contribution in [1.82, 2.24) is 0 Å². The number of hydrogen-bond donors (Lipinski definition) is 1. The van der Waals surface area contributed by atoms with Gasteiger partial charge in [-0.25, -0.2) is 8.42 Å². The number of ketones is 1. The molecule has 0 fully saturated rings. The van der Waals surface area contributed by atoms with Gasteiger partial charge < -0.3 is 5.32 Å². The summed E-state index contributed by atoms with van der Waals surface area (Å²) in [7, 11) is -3.85. The van der Waals surface area contributed by atoms with Crippen LogP contribution in [0.2, 0.25) is 0 Å². The van der Waals surface area contributed by atoms with Gasteiger partial charge in [0, 0.05) is 17.2 Å². The first-order valence-electron chi connectivity index (χ1n) is 9.93. The summed E-state index contributed by atoms with van der Waals surface area (Å²) in [5.74, 6) is -0.658. The summed E-state index contributed by atoms with van der Waals surface area (Å²) < 4.78 is 28.3. The van der Waals surface area contributed by atoms with E-state index in [2.05, 4.69) is 5.32 Å². The molecule has 3 aromatic carbocycles. The summed E-state index contributed by atoms with van der Waals surface area (Å²) in [4.78, 5) is 24.7. The molecule has 31 heavy (non-hydrogen) atoms. The molecule has 1 aliphatic heterocycles. The highest BCUT2D eigenvalue weighted by Gasteiger charge is 2.36. The third kappa shape index (κ3) is 3.84. The van der Waals surface area contributed by atoms with E-state index in [1.54, 1.807) is 42.5 Å². The number of nitrogens with one attached hydrogen (secondary N) is 1. The van der Waals surface area contributed by atoms with Gasteiger partial charge in [-0.15, -0.1) is 0 Å². The Hall–Kier alpha value is -3.45. The fourth-order valence-electron chi connectivity index (χ4n) is 3.91. The Kier molecular flexibility index (Phi) is 5.37. The monoisotopic (exact) mass is 434 g/mol. The molecule has 1 aliphatic rings. The van der Waals surface area contributed by atoms with Gasteiger partial charge in [0.15, 0.2) is 5.78 Å². The maximum Gasteiger partial charge on any atom is 0.264 e. The number of benzene rings is 3. The second kappa shape index (κ2) is 8.00. The van der Waals surface area contributed by atoms with E-state index in [9.17, 15) is 18.0 Å². The Morgan fingerprint density at radius 1 is 0.968 bits per heavy atom. The Bertz CT molecular complexity index is 1280. The molecule has 0 aliphatic carbocycles. The van der Waals surface area contributed by atoms with E-state index in [0.29, 0.717) is 23.4 Å². The van der Waals surface area contributed by atoms with Crippen LogP contribution in [0.1, 0.15) is 40.1 Å². The lowest BCUT2D eigenvalue weighted by Crippen LogP contribution is -2.35. The first-order valence-corrected chi connectivity index (χ1v) is 11.4. The number of carbonyl (C=O) groups is 2. The largest absolute Gasteiger partial charge is 0.321 e. The predicted octanol–water partition coefficient (Wildman–Crippen LogP) is 4.28. The highest BCUT2D eigenvalue weighted by atomic mass is 32.2. The number of para-hydroxylation sites is 2. The van der Waals surface area contributed by atoms with E-state index in [1.165, 1.54) is 23.4 Å². The van der Waals surface area contributed by atoms with Gasteiger partial charge in [-0.3, -0.25) is 13.9 Å². The zero-order valence-electron chi connectivity index (χ0n) is 17.2. The van der Waals surface area contributed by atoms with E-state index in [-0.39, 0.29) is 22.3 Å². The molecule has 7 heteroatoms. The zero-order valence-corrected chi connectivity index (χ0v) is 18.0. The van der Waals surface area contributed by atoms with Crippen LogP contribution in [0.3, 0.4) is 0 Å². The minimum absolute atomic E-state index is 0.0450. The smallest absolute Gasteiger partial charge is 0.264 e. The molecule has 158 valence electrons. The standard InChI is InChI=1S/C24H22N2O4S/c1-16-14-18-8-3-6-13-23(18)26(16)31(29,30)20-10-7-9-19(15-20)24(28)25-22-12-5-4-11-21(22)17(2)27/h3-13,15-16H,14H2,1-2H3,(H,25,28)/t16-/m0/s1. The minimum Gasteiger partial charge on any atom is -0.321 e. The number of fused-ring (bicyclic) bond motifs is 1. The van der Waals surface area contributed by atoms with Gasteiger partial charge in [0.2, 0.25) is 0 Å². The number of nitrogens with zero attached hydrogens (tertiary/aromatic N) is 1. The number of rotatable bonds is 5. The quantitative estimate of drug-likeness (QED) is 0.608. The van der Waals surface area contributed by atoms with Crippen LogP contribution in [0.15, 0.2) is 77.7 Å². The highest BCUT2D eigenvalue weighted by Crippen LogP contribution is 2.36. The Morgan fingerprint density at radius 2 is 1.68 bits per heavy atom. The van der Waals surface area contributed by atoms with Gasteiger partial charge in [0.25, 0.3) is 15.9 Å². The van der Waals surface area contributed by atoms with E-state index < -0.39 is 15.9 Å². The lowest BCUT2D eigenvalue weighted by Gasteiger charge is -2.24. The van der Waals surface area contributed by atoms with Crippen LogP contribution in [0.4, 0.5) is 11.4 Å². The van der Waals surface area contributed by atoms with Crippen LogP contribution in [-0.4, -0.2) is 26.2 Å². The summed E-state index contributed by atoms with van der Waals surface area (Å²) in [6.07, 6.45) is 0.636. The van der Waals surface area contributed by atoms with Crippen molar-refractivity contribution in [3.63, 3.8) is 0 Å². The number of hydrogen-bond acceptors (Lipinski definition) is 4. The minimum atomic E-state index is -3.85. The molecular weight excluding hydrogens is 412 g/mol. The average Bonchev–Trinajstić information content (AvgIpc) is 3.10. The molecule has 0 saturated carbocycles. The summed E-state index contributed by atoms with van der Waals surface area (Å²) in [5, 5.41) is 2.71. The van der Waals surface area contributed by atoms with Crippen molar-refractivity contribution in [2.75, 3.05) is 9.62 Å².